The van der Waals surface area contributed by atoms with Gasteiger partial charge in [0.05, 0.1) is 11.8 Å². The summed E-state index contributed by atoms with van der Waals surface area (Å²) < 4.78 is 38.2. The highest BCUT2D eigenvalue weighted by Gasteiger charge is 2.64. The molecule has 2 aliphatic carbocycles. The van der Waals surface area contributed by atoms with Gasteiger partial charge < -0.3 is 10.4 Å². The quantitative estimate of drug-likeness (QED) is 0.829. The largest absolute Gasteiger partial charge is 0.481 e. The van der Waals surface area contributed by atoms with Crippen molar-refractivity contribution in [2.24, 2.45) is 17.8 Å². The van der Waals surface area contributed by atoms with Gasteiger partial charge in [-0.1, -0.05) is 6.92 Å². The highest BCUT2D eigenvalue weighted by Crippen LogP contribution is 2.49. The first-order chi connectivity index (χ1) is 8.66. The number of hydrogen-bond acceptors (Lipinski definition) is 2. The van der Waals surface area contributed by atoms with Crippen molar-refractivity contribution in [2.45, 2.75) is 44.3 Å². The summed E-state index contributed by atoms with van der Waals surface area (Å²) in [4.78, 5) is 23.0. The van der Waals surface area contributed by atoms with E-state index in [-0.39, 0.29) is 18.8 Å². The molecule has 2 N–H and O–H groups in total. The number of carbonyl (C=O) groups is 2. The molecule has 1 amide bonds. The molecule has 0 radical (unpaired) electrons. The zero-order valence-corrected chi connectivity index (χ0v) is 10.5. The number of carboxylic acids is 1. The zero-order valence-electron chi connectivity index (χ0n) is 10.5. The van der Waals surface area contributed by atoms with Crippen LogP contribution in [0, 0.1) is 17.8 Å². The van der Waals surface area contributed by atoms with Gasteiger partial charge in [-0.25, -0.2) is 0 Å². The maximum atomic E-state index is 12.7. The minimum atomic E-state index is -4.47. The average molecular weight is 279 g/mol. The van der Waals surface area contributed by atoms with Gasteiger partial charge in [0.15, 0.2) is 0 Å². The van der Waals surface area contributed by atoms with Crippen LogP contribution in [0.25, 0.3) is 0 Å². The summed E-state index contributed by atoms with van der Waals surface area (Å²) in [5.74, 6) is -3.57. The minimum Gasteiger partial charge on any atom is -0.481 e. The van der Waals surface area contributed by atoms with Crippen molar-refractivity contribution in [3.63, 3.8) is 0 Å². The Hall–Kier alpha value is -1.27. The summed E-state index contributed by atoms with van der Waals surface area (Å²) in [6.45, 7) is 1.81. The first kappa shape index (κ1) is 14.1. The predicted octanol–water partition coefficient (Wildman–Crippen LogP) is 1.94. The number of hydrogen-bond donors (Lipinski definition) is 2. The van der Waals surface area contributed by atoms with Crippen molar-refractivity contribution < 1.29 is 27.9 Å². The molecule has 0 aromatic heterocycles. The number of aliphatic carboxylic acids is 1. The number of nitrogens with one attached hydrogen (secondary N) is 1. The maximum absolute atomic E-state index is 12.7. The standard InChI is InChI=1S/C12H16F3NO3/c1-6-4-7(8(5-6)10(18)19)9(17)16-11(2-3-11)12(13,14)15/h6-8H,2-5H2,1H3,(H,16,17)(H,18,19)/t6?,7-,8+/m0/s1. The average Bonchev–Trinajstić information content (AvgIpc) is 2.93. The van der Waals surface area contributed by atoms with E-state index < -0.39 is 35.4 Å². The van der Waals surface area contributed by atoms with Crippen LogP contribution in [0.3, 0.4) is 0 Å². The summed E-state index contributed by atoms with van der Waals surface area (Å²) >= 11 is 0. The molecule has 4 nitrogen and oxygen atoms in total. The van der Waals surface area contributed by atoms with Gasteiger partial charge in [0.25, 0.3) is 0 Å². The summed E-state index contributed by atoms with van der Waals surface area (Å²) in [5.41, 5.74) is -2.11. The molecular formula is C12H16F3NO3. The third-order valence-electron chi connectivity index (χ3n) is 4.11. The van der Waals surface area contributed by atoms with Gasteiger partial charge in [-0.2, -0.15) is 13.2 Å². The number of halogens is 3. The fourth-order valence-electron chi connectivity index (χ4n) is 2.79. The topological polar surface area (TPSA) is 66.4 Å². The second-order valence-electron chi connectivity index (χ2n) is 5.70. The number of alkyl halides is 3. The Morgan fingerprint density at radius 1 is 1.21 bits per heavy atom. The van der Waals surface area contributed by atoms with E-state index in [1.165, 1.54) is 0 Å². The lowest BCUT2D eigenvalue weighted by atomic mass is 9.95. The summed E-state index contributed by atoms with van der Waals surface area (Å²) in [6.07, 6.45) is -4.04. The lowest BCUT2D eigenvalue weighted by molar-refractivity contribution is -0.172. The zero-order chi connectivity index (χ0) is 14.4. The van der Waals surface area contributed by atoms with Gasteiger partial charge >= 0.3 is 12.1 Å². The van der Waals surface area contributed by atoms with Gasteiger partial charge in [-0.3, -0.25) is 9.59 Å². The Kier molecular flexibility index (Phi) is 3.26. The first-order valence-corrected chi connectivity index (χ1v) is 6.28. The molecule has 19 heavy (non-hydrogen) atoms. The minimum absolute atomic E-state index is 0.0397. The molecule has 0 heterocycles. The van der Waals surface area contributed by atoms with E-state index in [1.807, 2.05) is 5.32 Å². The van der Waals surface area contributed by atoms with E-state index in [0.29, 0.717) is 12.8 Å². The molecule has 0 spiro atoms. The van der Waals surface area contributed by atoms with Gasteiger partial charge in [0.1, 0.15) is 5.54 Å². The summed E-state index contributed by atoms with van der Waals surface area (Å²) in [5, 5.41) is 11.0. The third-order valence-corrected chi connectivity index (χ3v) is 4.11. The molecule has 7 heteroatoms. The molecule has 2 saturated carbocycles. The normalized spacial score (nSPS) is 32.9. The van der Waals surface area contributed by atoms with Crippen LogP contribution in [-0.2, 0) is 9.59 Å². The molecule has 3 atom stereocenters. The Labute approximate surface area is 108 Å². The van der Waals surface area contributed by atoms with Crippen LogP contribution in [0.4, 0.5) is 13.2 Å². The molecule has 1 unspecified atom stereocenters. The van der Waals surface area contributed by atoms with Crippen LogP contribution >= 0.6 is 0 Å². The number of carboxylic acid groups (broad SMARTS) is 1. The van der Waals surface area contributed by atoms with Crippen molar-refractivity contribution in [2.75, 3.05) is 0 Å². The van der Waals surface area contributed by atoms with E-state index >= 15 is 0 Å². The van der Waals surface area contributed by atoms with Crippen LogP contribution in [0.15, 0.2) is 0 Å². The predicted molar refractivity (Wildman–Crippen MR) is 59.2 cm³/mol. The Morgan fingerprint density at radius 3 is 2.16 bits per heavy atom. The van der Waals surface area contributed by atoms with Crippen LogP contribution in [0.1, 0.15) is 32.6 Å². The highest BCUT2D eigenvalue weighted by atomic mass is 19.4. The van der Waals surface area contributed by atoms with Crippen molar-refractivity contribution in [3.05, 3.63) is 0 Å². The molecular weight excluding hydrogens is 263 g/mol. The molecule has 0 aliphatic heterocycles. The molecule has 2 aliphatic rings. The van der Waals surface area contributed by atoms with E-state index in [9.17, 15) is 22.8 Å². The van der Waals surface area contributed by atoms with Crippen molar-refractivity contribution in [1.82, 2.24) is 5.32 Å². The first-order valence-electron chi connectivity index (χ1n) is 6.28. The van der Waals surface area contributed by atoms with E-state index in [0.717, 1.165) is 0 Å². The van der Waals surface area contributed by atoms with E-state index in [4.69, 9.17) is 5.11 Å². The van der Waals surface area contributed by atoms with E-state index in [2.05, 4.69) is 0 Å². The highest BCUT2D eigenvalue weighted by molar-refractivity contribution is 5.86. The van der Waals surface area contributed by atoms with Gasteiger partial charge in [0.2, 0.25) is 5.91 Å². The number of carbonyl (C=O) groups excluding carboxylic acids is 1. The van der Waals surface area contributed by atoms with Crippen LogP contribution in [0.5, 0.6) is 0 Å². The second kappa shape index (κ2) is 4.38. The number of amides is 1. The summed E-state index contributed by atoms with van der Waals surface area (Å²) in [7, 11) is 0. The molecule has 0 bridgehead atoms. The lowest BCUT2D eigenvalue weighted by Gasteiger charge is -2.24. The molecule has 2 fully saturated rings. The molecule has 0 aromatic rings. The van der Waals surface area contributed by atoms with Crippen molar-refractivity contribution in [1.29, 1.82) is 0 Å². The Morgan fingerprint density at radius 2 is 1.74 bits per heavy atom. The number of rotatable bonds is 3. The molecule has 0 saturated heterocycles. The summed E-state index contributed by atoms with van der Waals surface area (Å²) in [6, 6.07) is 0. The Bertz CT molecular complexity index is 404. The van der Waals surface area contributed by atoms with Crippen molar-refractivity contribution in [3.8, 4) is 0 Å². The second-order valence-corrected chi connectivity index (χ2v) is 5.70. The lowest BCUT2D eigenvalue weighted by Crippen LogP contribution is -2.50. The van der Waals surface area contributed by atoms with Gasteiger partial charge in [-0.15, -0.1) is 0 Å². The van der Waals surface area contributed by atoms with Crippen molar-refractivity contribution >= 4 is 11.9 Å². The van der Waals surface area contributed by atoms with Crippen LogP contribution in [-0.4, -0.2) is 28.7 Å². The third kappa shape index (κ3) is 2.55. The fraction of sp³-hybridized carbons (Fsp3) is 0.833. The van der Waals surface area contributed by atoms with Crippen LogP contribution in [0.2, 0.25) is 0 Å². The monoisotopic (exact) mass is 279 g/mol. The molecule has 2 rings (SSSR count). The SMILES string of the molecule is CC1C[C@H](C(=O)NC2(C(F)(F)F)CC2)[C@H](C(=O)O)C1. The van der Waals surface area contributed by atoms with Gasteiger partial charge in [-0.05, 0) is 31.6 Å². The molecule has 0 aromatic carbocycles. The van der Waals surface area contributed by atoms with Gasteiger partial charge in [0, 0.05) is 0 Å². The smallest absolute Gasteiger partial charge is 0.411 e. The van der Waals surface area contributed by atoms with Crippen LogP contribution < -0.4 is 5.32 Å². The Balaban J connectivity index is 2.06. The maximum Gasteiger partial charge on any atom is 0.411 e. The molecule has 108 valence electrons. The van der Waals surface area contributed by atoms with E-state index in [1.54, 1.807) is 6.92 Å². The fourth-order valence-corrected chi connectivity index (χ4v) is 2.79.